The van der Waals surface area contributed by atoms with Crippen LogP contribution in [-0.4, -0.2) is 32.4 Å². The van der Waals surface area contributed by atoms with E-state index in [2.05, 4.69) is 10.6 Å². The molecule has 0 fully saturated rings. The largest absolute Gasteiger partial charge is 0.495 e. The van der Waals surface area contributed by atoms with Gasteiger partial charge in [-0.1, -0.05) is 0 Å². The normalized spacial score (nSPS) is 13.8. The van der Waals surface area contributed by atoms with Gasteiger partial charge in [0.2, 0.25) is 5.91 Å². The molecule has 0 saturated heterocycles. The molecule has 0 unspecified atom stereocenters. The highest BCUT2D eigenvalue weighted by atomic mass is 16.5. The van der Waals surface area contributed by atoms with Crippen molar-refractivity contribution in [2.45, 2.75) is 12.8 Å². The molecule has 96 valence electrons. The van der Waals surface area contributed by atoms with Gasteiger partial charge >= 0.3 is 0 Å². The zero-order valence-corrected chi connectivity index (χ0v) is 10.5. The van der Waals surface area contributed by atoms with Crippen molar-refractivity contribution in [3.8, 4) is 5.75 Å². The van der Waals surface area contributed by atoms with Crippen LogP contribution in [0.4, 0.5) is 5.69 Å². The van der Waals surface area contributed by atoms with Gasteiger partial charge < -0.3 is 15.4 Å². The van der Waals surface area contributed by atoms with Gasteiger partial charge in [-0.25, -0.2) is 0 Å². The molecule has 0 bridgehead atoms. The number of ketones is 1. The molecule has 1 amide bonds. The van der Waals surface area contributed by atoms with Crippen LogP contribution in [0.2, 0.25) is 0 Å². The molecule has 0 aromatic heterocycles. The highest BCUT2D eigenvalue weighted by Crippen LogP contribution is 2.35. The van der Waals surface area contributed by atoms with E-state index in [1.165, 1.54) is 0 Å². The summed E-state index contributed by atoms with van der Waals surface area (Å²) in [6.07, 6.45) is 0.975. The minimum atomic E-state index is -0.0426. The van der Waals surface area contributed by atoms with Crippen molar-refractivity contribution in [1.29, 1.82) is 0 Å². The van der Waals surface area contributed by atoms with E-state index in [-0.39, 0.29) is 18.2 Å². The summed E-state index contributed by atoms with van der Waals surface area (Å²) in [5.74, 6) is 0.575. The van der Waals surface area contributed by atoms with E-state index in [1.54, 1.807) is 26.3 Å². The van der Waals surface area contributed by atoms with Gasteiger partial charge in [0.15, 0.2) is 5.78 Å². The predicted molar refractivity (Wildman–Crippen MR) is 68.2 cm³/mol. The first-order valence-corrected chi connectivity index (χ1v) is 5.85. The molecule has 1 heterocycles. The van der Waals surface area contributed by atoms with E-state index in [9.17, 15) is 9.59 Å². The molecule has 0 spiro atoms. The Labute approximate surface area is 106 Å². The SMILES string of the molecule is CNCC(=O)c1ccc(OC)c2c1CCC(=O)N2. The van der Waals surface area contributed by atoms with E-state index < -0.39 is 0 Å². The third-order valence-corrected chi connectivity index (χ3v) is 3.00. The molecule has 1 aliphatic heterocycles. The van der Waals surface area contributed by atoms with Crippen LogP contribution in [0.15, 0.2) is 12.1 Å². The molecule has 5 heteroatoms. The first kappa shape index (κ1) is 12.6. The van der Waals surface area contributed by atoms with E-state index in [0.29, 0.717) is 29.8 Å². The van der Waals surface area contributed by atoms with E-state index in [4.69, 9.17) is 4.74 Å². The molecule has 5 nitrogen and oxygen atoms in total. The number of ether oxygens (including phenoxy) is 1. The number of Topliss-reactive ketones (excluding diaryl/α,β-unsaturated/α-hetero) is 1. The van der Waals surface area contributed by atoms with Crippen molar-refractivity contribution < 1.29 is 14.3 Å². The fourth-order valence-electron chi connectivity index (χ4n) is 2.15. The highest BCUT2D eigenvalue weighted by molar-refractivity contribution is 6.04. The van der Waals surface area contributed by atoms with Crippen LogP contribution in [0.5, 0.6) is 5.75 Å². The number of carbonyl (C=O) groups excluding carboxylic acids is 2. The smallest absolute Gasteiger partial charge is 0.224 e. The Morgan fingerprint density at radius 2 is 2.22 bits per heavy atom. The Kier molecular flexibility index (Phi) is 3.62. The molecular weight excluding hydrogens is 232 g/mol. The molecule has 2 N–H and O–H groups in total. The van der Waals surface area contributed by atoms with Gasteiger partial charge in [0.1, 0.15) is 5.75 Å². The van der Waals surface area contributed by atoms with E-state index in [0.717, 1.165) is 5.56 Å². The Morgan fingerprint density at radius 1 is 1.44 bits per heavy atom. The first-order chi connectivity index (χ1) is 8.67. The molecule has 1 aromatic carbocycles. The maximum atomic E-state index is 12.0. The Morgan fingerprint density at radius 3 is 2.89 bits per heavy atom. The van der Waals surface area contributed by atoms with Crippen molar-refractivity contribution in [2.75, 3.05) is 26.0 Å². The van der Waals surface area contributed by atoms with Gasteiger partial charge in [-0.05, 0) is 31.2 Å². The summed E-state index contributed by atoms with van der Waals surface area (Å²) in [7, 11) is 3.28. The number of amides is 1. The number of rotatable bonds is 4. The third-order valence-electron chi connectivity index (χ3n) is 3.00. The van der Waals surface area contributed by atoms with Crippen LogP contribution in [0.1, 0.15) is 22.3 Å². The van der Waals surface area contributed by atoms with E-state index in [1.807, 2.05) is 0 Å². The van der Waals surface area contributed by atoms with Gasteiger partial charge in [-0.15, -0.1) is 0 Å². The van der Waals surface area contributed by atoms with Crippen LogP contribution in [0, 0.1) is 0 Å². The van der Waals surface area contributed by atoms with Gasteiger partial charge in [0.05, 0.1) is 19.3 Å². The number of benzene rings is 1. The van der Waals surface area contributed by atoms with Crippen molar-refractivity contribution in [1.82, 2.24) is 5.32 Å². The quantitative estimate of drug-likeness (QED) is 0.779. The number of hydrogen-bond acceptors (Lipinski definition) is 4. The monoisotopic (exact) mass is 248 g/mol. The molecule has 2 rings (SSSR count). The summed E-state index contributed by atoms with van der Waals surface area (Å²) in [6, 6.07) is 3.47. The maximum absolute atomic E-state index is 12.0. The Balaban J connectivity index is 2.48. The summed E-state index contributed by atoms with van der Waals surface area (Å²) < 4.78 is 5.21. The lowest BCUT2D eigenvalue weighted by Crippen LogP contribution is -2.24. The van der Waals surface area contributed by atoms with E-state index >= 15 is 0 Å². The minimum Gasteiger partial charge on any atom is -0.495 e. The zero-order valence-electron chi connectivity index (χ0n) is 10.5. The average Bonchev–Trinajstić information content (AvgIpc) is 2.37. The molecule has 0 radical (unpaired) electrons. The van der Waals surface area contributed by atoms with Crippen LogP contribution in [-0.2, 0) is 11.2 Å². The lowest BCUT2D eigenvalue weighted by molar-refractivity contribution is -0.116. The minimum absolute atomic E-state index is 0.0209. The van der Waals surface area contributed by atoms with Crippen LogP contribution in [0.3, 0.4) is 0 Å². The summed E-state index contributed by atoms with van der Waals surface area (Å²) >= 11 is 0. The molecule has 0 saturated carbocycles. The number of methoxy groups -OCH3 is 1. The zero-order chi connectivity index (χ0) is 13.1. The van der Waals surface area contributed by atoms with Crippen LogP contribution < -0.4 is 15.4 Å². The number of likely N-dealkylation sites (N-methyl/N-ethyl adjacent to an activating group) is 1. The number of carbonyl (C=O) groups is 2. The van der Waals surface area contributed by atoms with Crippen LogP contribution in [0.25, 0.3) is 0 Å². The summed E-state index contributed by atoms with van der Waals surface area (Å²) in [5, 5.41) is 5.62. The Hall–Kier alpha value is -1.88. The second-order valence-electron chi connectivity index (χ2n) is 4.17. The first-order valence-electron chi connectivity index (χ1n) is 5.85. The second kappa shape index (κ2) is 5.18. The van der Waals surface area contributed by atoms with Crippen molar-refractivity contribution in [3.05, 3.63) is 23.3 Å². The van der Waals surface area contributed by atoms with Gasteiger partial charge in [-0.2, -0.15) is 0 Å². The summed E-state index contributed by atoms with van der Waals surface area (Å²) in [4.78, 5) is 23.4. The molecule has 18 heavy (non-hydrogen) atoms. The predicted octanol–water partition coefficient (Wildman–Crippen LogP) is 0.982. The molecule has 1 aliphatic rings. The van der Waals surface area contributed by atoms with Gasteiger partial charge in [-0.3, -0.25) is 9.59 Å². The lowest BCUT2D eigenvalue weighted by Gasteiger charge is -2.21. The Bertz CT molecular complexity index is 497. The molecule has 1 aromatic rings. The summed E-state index contributed by atoms with van der Waals surface area (Å²) in [6.45, 7) is 0.284. The highest BCUT2D eigenvalue weighted by Gasteiger charge is 2.23. The fraction of sp³-hybridized carbons (Fsp3) is 0.385. The maximum Gasteiger partial charge on any atom is 0.224 e. The number of nitrogens with one attached hydrogen (secondary N) is 2. The second-order valence-corrected chi connectivity index (χ2v) is 4.17. The number of anilines is 1. The number of hydrogen-bond donors (Lipinski definition) is 2. The molecule has 0 aliphatic carbocycles. The molecule has 0 atom stereocenters. The third kappa shape index (κ3) is 2.22. The van der Waals surface area contributed by atoms with Crippen molar-refractivity contribution in [3.63, 3.8) is 0 Å². The standard InChI is InChI=1S/C13H16N2O3/c1-14-7-10(16)8-3-5-11(18-2)13-9(8)4-6-12(17)15-13/h3,5,14H,4,6-7H2,1-2H3,(H,15,17). The topological polar surface area (TPSA) is 67.4 Å². The molecular formula is C13H16N2O3. The summed E-state index contributed by atoms with van der Waals surface area (Å²) in [5.41, 5.74) is 2.16. The van der Waals surface area contributed by atoms with Crippen molar-refractivity contribution >= 4 is 17.4 Å². The van der Waals surface area contributed by atoms with Crippen LogP contribution >= 0.6 is 0 Å². The fourth-order valence-corrected chi connectivity index (χ4v) is 2.15. The number of fused-ring (bicyclic) bond motifs is 1. The van der Waals surface area contributed by atoms with Crippen molar-refractivity contribution in [2.24, 2.45) is 0 Å². The lowest BCUT2D eigenvalue weighted by atomic mass is 9.94. The van der Waals surface area contributed by atoms with Gasteiger partial charge in [0, 0.05) is 12.0 Å². The van der Waals surface area contributed by atoms with Gasteiger partial charge in [0.25, 0.3) is 0 Å². The average molecular weight is 248 g/mol.